The van der Waals surface area contributed by atoms with Crippen molar-refractivity contribution in [1.29, 1.82) is 0 Å². The van der Waals surface area contributed by atoms with Gasteiger partial charge in [0.05, 0.1) is 6.42 Å². The average molecular weight is 321 g/mol. The molecule has 0 amide bonds. The van der Waals surface area contributed by atoms with Gasteiger partial charge in [0.15, 0.2) is 6.79 Å². The van der Waals surface area contributed by atoms with E-state index in [0.717, 1.165) is 11.1 Å². The number of carbonyl (C=O) groups is 1. The molecule has 0 aliphatic rings. The van der Waals surface area contributed by atoms with Gasteiger partial charge in [-0.2, -0.15) is 0 Å². The molecule has 0 bridgehead atoms. The van der Waals surface area contributed by atoms with E-state index in [1.807, 2.05) is 36.4 Å². The van der Waals surface area contributed by atoms with Gasteiger partial charge in [-0.1, -0.05) is 41.9 Å². The Bertz CT molecular complexity index is 642. The van der Waals surface area contributed by atoms with Crippen LogP contribution in [0.5, 0.6) is 5.75 Å². The molecule has 5 heteroatoms. The maximum atomic E-state index is 11.2. The van der Waals surface area contributed by atoms with Gasteiger partial charge in [-0.05, 0) is 29.3 Å². The minimum atomic E-state index is -0.881. The molecule has 0 saturated carbocycles. The van der Waals surface area contributed by atoms with Crippen LogP contribution in [0.25, 0.3) is 0 Å². The Morgan fingerprint density at radius 3 is 2.68 bits per heavy atom. The molecular formula is C17H17ClO4. The zero-order valence-corrected chi connectivity index (χ0v) is 12.9. The van der Waals surface area contributed by atoms with Crippen LogP contribution >= 0.6 is 11.6 Å². The van der Waals surface area contributed by atoms with Crippen molar-refractivity contribution in [3.63, 3.8) is 0 Å². The Morgan fingerprint density at radius 2 is 2.00 bits per heavy atom. The Kier molecular flexibility index (Phi) is 5.81. The van der Waals surface area contributed by atoms with E-state index in [1.165, 1.54) is 0 Å². The summed E-state index contributed by atoms with van der Waals surface area (Å²) in [7, 11) is 1.54. The normalized spacial score (nSPS) is 11.9. The number of carboxylic acids is 1. The fourth-order valence-electron chi connectivity index (χ4n) is 2.29. The molecule has 0 aliphatic carbocycles. The molecule has 1 N–H and O–H groups in total. The largest absolute Gasteiger partial charge is 0.481 e. The molecule has 22 heavy (non-hydrogen) atoms. The van der Waals surface area contributed by atoms with Crippen LogP contribution in [-0.4, -0.2) is 25.0 Å². The number of aliphatic carboxylic acids is 1. The zero-order chi connectivity index (χ0) is 15.9. The number of halogens is 1. The van der Waals surface area contributed by atoms with Gasteiger partial charge < -0.3 is 14.6 Å². The smallest absolute Gasteiger partial charge is 0.304 e. The maximum Gasteiger partial charge on any atom is 0.304 e. The summed E-state index contributed by atoms with van der Waals surface area (Å²) in [4.78, 5) is 11.2. The topological polar surface area (TPSA) is 55.8 Å². The van der Waals surface area contributed by atoms with Gasteiger partial charge in [-0.3, -0.25) is 4.79 Å². The molecule has 0 spiro atoms. The highest BCUT2D eigenvalue weighted by Gasteiger charge is 2.20. The molecule has 4 nitrogen and oxygen atoms in total. The third-order valence-corrected chi connectivity index (χ3v) is 3.61. The molecule has 0 heterocycles. The first-order chi connectivity index (χ1) is 10.6. The molecule has 1 atom stereocenters. The minimum absolute atomic E-state index is 0.0442. The Morgan fingerprint density at radius 1 is 1.23 bits per heavy atom. The molecule has 0 aromatic heterocycles. The number of hydrogen-bond donors (Lipinski definition) is 1. The van der Waals surface area contributed by atoms with Gasteiger partial charge in [0, 0.05) is 18.1 Å². The lowest BCUT2D eigenvalue weighted by molar-refractivity contribution is -0.137. The summed E-state index contributed by atoms with van der Waals surface area (Å²) >= 11 is 6.23. The van der Waals surface area contributed by atoms with Gasteiger partial charge >= 0.3 is 5.97 Å². The quantitative estimate of drug-likeness (QED) is 0.785. The van der Waals surface area contributed by atoms with Crippen LogP contribution in [0.2, 0.25) is 5.02 Å². The number of ether oxygens (including phenoxy) is 2. The highest BCUT2D eigenvalue weighted by atomic mass is 35.5. The van der Waals surface area contributed by atoms with E-state index in [0.29, 0.717) is 10.8 Å². The highest BCUT2D eigenvalue weighted by molar-refractivity contribution is 6.31. The van der Waals surface area contributed by atoms with Crippen LogP contribution in [-0.2, 0) is 9.53 Å². The number of hydrogen-bond acceptors (Lipinski definition) is 3. The maximum absolute atomic E-state index is 11.2. The Labute approximate surface area is 134 Å². The van der Waals surface area contributed by atoms with Crippen LogP contribution in [0.15, 0.2) is 48.5 Å². The summed E-state index contributed by atoms with van der Waals surface area (Å²) in [5.74, 6) is -0.591. The van der Waals surface area contributed by atoms with Gasteiger partial charge in [-0.25, -0.2) is 0 Å². The lowest BCUT2D eigenvalue weighted by Gasteiger charge is -2.18. The van der Waals surface area contributed by atoms with Crippen molar-refractivity contribution in [2.75, 3.05) is 13.9 Å². The molecule has 0 aliphatic heterocycles. The predicted octanol–water partition coefficient (Wildman–Crippen LogP) is 3.93. The fourth-order valence-corrected chi connectivity index (χ4v) is 2.56. The molecule has 2 aromatic carbocycles. The molecule has 0 saturated heterocycles. The fraction of sp³-hybridized carbons (Fsp3) is 0.235. The molecule has 0 unspecified atom stereocenters. The van der Waals surface area contributed by atoms with Crippen molar-refractivity contribution in [1.82, 2.24) is 0 Å². The molecule has 116 valence electrons. The monoisotopic (exact) mass is 320 g/mol. The van der Waals surface area contributed by atoms with E-state index in [2.05, 4.69) is 0 Å². The van der Waals surface area contributed by atoms with E-state index >= 15 is 0 Å². The second kappa shape index (κ2) is 7.82. The number of carboxylic acid groups (broad SMARTS) is 1. The van der Waals surface area contributed by atoms with Crippen LogP contribution < -0.4 is 4.74 Å². The first-order valence-corrected chi connectivity index (χ1v) is 7.17. The summed E-state index contributed by atoms with van der Waals surface area (Å²) in [5.41, 5.74) is 1.62. The Balaban J connectivity index is 2.37. The van der Waals surface area contributed by atoms with Crippen molar-refractivity contribution >= 4 is 17.6 Å². The Hall–Kier alpha value is -2.04. The van der Waals surface area contributed by atoms with Crippen LogP contribution in [0.4, 0.5) is 0 Å². The summed E-state index contributed by atoms with van der Waals surface area (Å²) in [6, 6.07) is 14.6. The SMILES string of the molecule is COCOc1cccc([C@@H](CC(=O)O)c2ccccc2Cl)c1. The number of methoxy groups -OCH3 is 1. The molecule has 2 rings (SSSR count). The van der Waals surface area contributed by atoms with Gasteiger partial charge in [0.2, 0.25) is 0 Å². The second-order valence-corrected chi connectivity index (χ2v) is 5.20. The summed E-state index contributed by atoms with van der Waals surface area (Å²) in [6.45, 7) is 0.138. The number of rotatable bonds is 7. The van der Waals surface area contributed by atoms with Crippen molar-refractivity contribution in [3.8, 4) is 5.75 Å². The third kappa shape index (κ3) is 4.23. The predicted molar refractivity (Wildman–Crippen MR) is 84.5 cm³/mol. The first-order valence-electron chi connectivity index (χ1n) is 6.79. The van der Waals surface area contributed by atoms with Gasteiger partial charge in [0.1, 0.15) is 5.75 Å². The summed E-state index contributed by atoms with van der Waals surface area (Å²) in [6.07, 6.45) is -0.0442. The van der Waals surface area contributed by atoms with Gasteiger partial charge in [0.25, 0.3) is 0 Å². The summed E-state index contributed by atoms with van der Waals surface area (Å²) in [5, 5.41) is 9.77. The lowest BCUT2D eigenvalue weighted by atomic mass is 9.88. The zero-order valence-electron chi connectivity index (χ0n) is 12.2. The van der Waals surface area contributed by atoms with Crippen molar-refractivity contribution < 1.29 is 19.4 Å². The average Bonchev–Trinajstić information content (AvgIpc) is 2.51. The third-order valence-electron chi connectivity index (χ3n) is 3.26. The van der Waals surface area contributed by atoms with E-state index in [1.54, 1.807) is 19.2 Å². The van der Waals surface area contributed by atoms with Crippen molar-refractivity contribution in [2.24, 2.45) is 0 Å². The van der Waals surface area contributed by atoms with E-state index in [4.69, 9.17) is 21.1 Å². The minimum Gasteiger partial charge on any atom is -0.481 e. The molecule has 0 fully saturated rings. The summed E-state index contributed by atoms with van der Waals surface area (Å²) < 4.78 is 10.3. The van der Waals surface area contributed by atoms with Crippen LogP contribution in [0, 0.1) is 0 Å². The van der Waals surface area contributed by atoms with Gasteiger partial charge in [-0.15, -0.1) is 0 Å². The van der Waals surface area contributed by atoms with Crippen LogP contribution in [0.1, 0.15) is 23.5 Å². The highest BCUT2D eigenvalue weighted by Crippen LogP contribution is 2.34. The van der Waals surface area contributed by atoms with E-state index in [9.17, 15) is 9.90 Å². The lowest BCUT2D eigenvalue weighted by Crippen LogP contribution is -2.09. The van der Waals surface area contributed by atoms with Crippen molar-refractivity contribution in [2.45, 2.75) is 12.3 Å². The van der Waals surface area contributed by atoms with Crippen molar-refractivity contribution in [3.05, 3.63) is 64.7 Å². The molecule has 2 aromatic rings. The second-order valence-electron chi connectivity index (χ2n) is 4.80. The van der Waals surface area contributed by atoms with E-state index < -0.39 is 5.97 Å². The molecular weight excluding hydrogens is 304 g/mol. The van der Waals surface area contributed by atoms with E-state index in [-0.39, 0.29) is 19.1 Å². The standard InChI is InChI=1S/C17H17ClO4/c1-21-11-22-13-6-4-5-12(9-13)15(10-17(19)20)14-7-2-3-8-16(14)18/h2-9,15H,10-11H2,1H3,(H,19,20)/t15-/m1/s1. The molecule has 0 radical (unpaired) electrons. The number of benzene rings is 2. The first kappa shape index (κ1) is 16.3. The van der Waals surface area contributed by atoms with Crippen LogP contribution in [0.3, 0.4) is 0 Å².